The monoisotopic (exact) mass is 135 g/mol. The Morgan fingerprint density at radius 2 is 2.25 bits per heavy atom. The van der Waals surface area contributed by atoms with Crippen molar-refractivity contribution >= 4 is 15.3 Å². The van der Waals surface area contributed by atoms with E-state index in [0.29, 0.717) is 0 Å². The third-order valence-corrected chi connectivity index (χ3v) is 0.802. The molecule has 0 rings (SSSR count). The molecule has 4 heteroatoms. The van der Waals surface area contributed by atoms with Crippen LogP contribution in [0.1, 0.15) is 6.42 Å². The number of hydrogen-bond acceptors (Lipinski definition) is 2. The second-order valence-electron chi connectivity index (χ2n) is 0.992. The summed E-state index contributed by atoms with van der Waals surface area (Å²) in [6.45, 7) is 3.09. The minimum Gasteiger partial charge on any atom is -0.202 e. The first-order chi connectivity index (χ1) is 3.66. The van der Waals surface area contributed by atoms with Crippen molar-refractivity contribution in [3.8, 4) is 0 Å². The van der Waals surface area contributed by atoms with Crippen molar-refractivity contribution in [2.75, 3.05) is 0 Å². The highest BCUT2D eigenvalue weighted by molar-refractivity contribution is 7.70. The average molecular weight is 135 g/mol. The van der Waals surface area contributed by atoms with Gasteiger partial charge in [0.1, 0.15) is 0 Å². The van der Waals surface area contributed by atoms with E-state index in [0.717, 1.165) is 0 Å². The van der Waals surface area contributed by atoms with Gasteiger partial charge in [0.25, 0.3) is 10.3 Å². The number of rotatable bonds is 1. The quantitative estimate of drug-likeness (QED) is 0.486. The molecular formula is C4H4FO2S. The molecule has 0 spiro atoms. The van der Waals surface area contributed by atoms with Crippen LogP contribution in [0.5, 0.6) is 0 Å². The van der Waals surface area contributed by atoms with Crippen LogP contribution in [0.2, 0.25) is 0 Å². The van der Waals surface area contributed by atoms with Gasteiger partial charge in [-0.05, 0) is 6.92 Å². The van der Waals surface area contributed by atoms with Crippen LogP contribution in [0.4, 0.5) is 4.39 Å². The molecule has 0 bridgehead atoms. The van der Waals surface area contributed by atoms with Crippen LogP contribution in [-0.2, 0) is 10.3 Å². The summed E-state index contributed by atoms with van der Waals surface area (Å²) < 4.78 is 30.9. The fourth-order valence-corrected chi connectivity index (χ4v) is 0.424. The van der Waals surface area contributed by atoms with Crippen molar-refractivity contribution in [1.82, 2.24) is 0 Å². The molecule has 1 radical (unpaired) electrons. The Kier molecular flexibility index (Phi) is 3.15. The fraction of sp³-hybridized carbons (Fsp3) is 0.250. The highest BCUT2D eigenvalue weighted by atomic mass is 32.2. The zero-order valence-corrected chi connectivity index (χ0v) is 4.83. The summed E-state index contributed by atoms with van der Waals surface area (Å²) in [7, 11) is -2.55. The van der Waals surface area contributed by atoms with Gasteiger partial charge in [0, 0.05) is 11.4 Å². The van der Waals surface area contributed by atoms with Gasteiger partial charge in [0.2, 0.25) is 0 Å². The van der Waals surface area contributed by atoms with E-state index in [2.05, 4.69) is 6.92 Å². The minimum atomic E-state index is -2.55. The van der Waals surface area contributed by atoms with Gasteiger partial charge in [-0.3, -0.25) is 0 Å². The summed E-state index contributed by atoms with van der Waals surface area (Å²) in [5.74, 6) is -0.849. The Hall–Kier alpha value is -0.600. The highest BCUT2D eigenvalue weighted by Gasteiger charge is 1.82. The maximum absolute atomic E-state index is 11.7. The molecule has 0 atom stereocenters. The second-order valence-corrected chi connectivity index (χ2v) is 1.67. The normalized spacial score (nSPS) is 7.75. The molecule has 0 aliphatic rings. The molecule has 45 valence electrons. The van der Waals surface area contributed by atoms with Gasteiger partial charge in [-0.1, -0.05) is 0 Å². The molecular weight excluding hydrogens is 131 g/mol. The summed E-state index contributed by atoms with van der Waals surface area (Å²) in [5, 5.41) is 1.50. The lowest BCUT2D eigenvalue weighted by Gasteiger charge is -1.73. The first-order valence-electron chi connectivity index (χ1n) is 1.83. The summed E-state index contributed by atoms with van der Waals surface area (Å²) in [6.07, 6.45) is -0.173. The molecule has 0 amide bonds. The van der Waals surface area contributed by atoms with Crippen molar-refractivity contribution in [3.63, 3.8) is 0 Å². The topological polar surface area (TPSA) is 34.1 Å². The van der Waals surface area contributed by atoms with E-state index < -0.39 is 16.1 Å². The van der Waals surface area contributed by atoms with Crippen LogP contribution in [0.3, 0.4) is 0 Å². The van der Waals surface area contributed by atoms with Gasteiger partial charge >= 0.3 is 0 Å². The van der Waals surface area contributed by atoms with E-state index in [9.17, 15) is 12.8 Å². The van der Waals surface area contributed by atoms with Crippen molar-refractivity contribution in [1.29, 1.82) is 0 Å². The maximum Gasteiger partial charge on any atom is 0.262 e. The van der Waals surface area contributed by atoms with Crippen LogP contribution >= 0.6 is 0 Å². The third kappa shape index (κ3) is 3.59. The summed E-state index contributed by atoms with van der Waals surface area (Å²) in [6, 6.07) is 0. The Bertz CT molecular complexity index is 212. The number of halogens is 1. The second kappa shape index (κ2) is 3.41. The molecule has 8 heavy (non-hydrogen) atoms. The Balaban J connectivity index is 4.66. The molecule has 2 nitrogen and oxygen atoms in total. The van der Waals surface area contributed by atoms with E-state index in [1.165, 1.54) is 5.02 Å². The van der Waals surface area contributed by atoms with Gasteiger partial charge in [0.15, 0.2) is 5.83 Å². The van der Waals surface area contributed by atoms with E-state index in [1.54, 1.807) is 0 Å². The standard InChI is InChI=1S/C4H4FO2S/c1-2-4(5)3-8(6)7/h1-2H2. The smallest absolute Gasteiger partial charge is 0.202 e. The molecule has 0 aliphatic heterocycles. The first-order valence-corrected chi connectivity index (χ1v) is 2.90. The maximum atomic E-state index is 11.7. The minimum absolute atomic E-state index is 0.173. The largest absolute Gasteiger partial charge is 0.262 e. The predicted octanol–water partition coefficient (Wildman–Crippen LogP) is 0.344. The van der Waals surface area contributed by atoms with Gasteiger partial charge < -0.3 is 0 Å². The zero-order valence-electron chi connectivity index (χ0n) is 4.02. The Morgan fingerprint density at radius 3 is 2.38 bits per heavy atom. The lowest BCUT2D eigenvalue weighted by Crippen LogP contribution is -1.68. The molecule has 0 N–H and O–H groups in total. The average Bonchev–Trinajstić information content (AvgIpc) is 1.65. The van der Waals surface area contributed by atoms with Crippen molar-refractivity contribution in [2.45, 2.75) is 6.42 Å². The Labute approximate surface area is 48.2 Å². The van der Waals surface area contributed by atoms with Crippen LogP contribution in [-0.4, -0.2) is 13.4 Å². The van der Waals surface area contributed by atoms with Gasteiger partial charge in [-0.25, -0.2) is 4.39 Å². The lowest BCUT2D eigenvalue weighted by atomic mass is 10.5. The van der Waals surface area contributed by atoms with Crippen molar-refractivity contribution < 1.29 is 12.8 Å². The summed E-state index contributed by atoms with van der Waals surface area (Å²) >= 11 is 0. The first kappa shape index (κ1) is 7.40. The van der Waals surface area contributed by atoms with Crippen LogP contribution in [0.15, 0.2) is 5.83 Å². The molecule has 0 aromatic carbocycles. The molecule has 0 aromatic heterocycles. The van der Waals surface area contributed by atoms with Crippen LogP contribution in [0.25, 0.3) is 0 Å². The molecule has 0 fully saturated rings. The van der Waals surface area contributed by atoms with Crippen molar-refractivity contribution in [2.24, 2.45) is 0 Å². The summed E-state index contributed by atoms with van der Waals surface area (Å²) in [4.78, 5) is 0. The molecule has 0 heterocycles. The summed E-state index contributed by atoms with van der Waals surface area (Å²) in [5.41, 5.74) is 0. The number of hydrogen-bond donors (Lipinski definition) is 0. The fourth-order valence-electron chi connectivity index (χ4n) is 0.141. The molecule has 0 saturated carbocycles. The number of allylic oxidation sites excluding steroid dienone is 1. The highest BCUT2D eigenvalue weighted by Crippen LogP contribution is 1.92. The SMILES string of the molecule is [CH2]CC(F)=C=S(=O)=O. The molecule has 0 aliphatic carbocycles. The predicted molar refractivity (Wildman–Crippen MR) is 28.5 cm³/mol. The third-order valence-electron chi connectivity index (χ3n) is 0.414. The zero-order chi connectivity index (χ0) is 6.57. The van der Waals surface area contributed by atoms with E-state index in [-0.39, 0.29) is 6.42 Å². The lowest BCUT2D eigenvalue weighted by molar-refractivity contribution is 0.623. The Morgan fingerprint density at radius 1 is 1.75 bits per heavy atom. The van der Waals surface area contributed by atoms with Gasteiger partial charge in [0.05, 0.1) is 0 Å². The molecule has 0 saturated heterocycles. The molecule has 0 unspecified atom stereocenters. The van der Waals surface area contributed by atoms with Gasteiger partial charge in [-0.2, -0.15) is 8.42 Å². The van der Waals surface area contributed by atoms with Gasteiger partial charge in [-0.15, -0.1) is 0 Å². The molecule has 0 aromatic rings. The van der Waals surface area contributed by atoms with E-state index in [4.69, 9.17) is 0 Å². The van der Waals surface area contributed by atoms with Crippen LogP contribution in [0, 0.1) is 6.92 Å². The van der Waals surface area contributed by atoms with E-state index >= 15 is 0 Å². The van der Waals surface area contributed by atoms with Crippen LogP contribution < -0.4 is 0 Å². The van der Waals surface area contributed by atoms with E-state index in [1.807, 2.05) is 0 Å². The van der Waals surface area contributed by atoms with Crippen molar-refractivity contribution in [3.05, 3.63) is 12.8 Å².